The molecule has 3 rings (SSSR count). The lowest BCUT2D eigenvalue weighted by molar-refractivity contribution is -0.111. The summed E-state index contributed by atoms with van der Waals surface area (Å²) in [5, 5.41) is 5.85. The molecular formula is C18H13ClN2OS. The molecule has 1 heterocycles. The summed E-state index contributed by atoms with van der Waals surface area (Å²) in [4.78, 5) is 16.7. The Morgan fingerprint density at radius 3 is 2.48 bits per heavy atom. The molecular weight excluding hydrogens is 328 g/mol. The fourth-order valence-electron chi connectivity index (χ4n) is 2.07. The van der Waals surface area contributed by atoms with E-state index in [1.165, 1.54) is 11.3 Å². The van der Waals surface area contributed by atoms with Gasteiger partial charge in [0.2, 0.25) is 0 Å². The molecule has 0 saturated carbocycles. The van der Waals surface area contributed by atoms with Gasteiger partial charge in [-0.2, -0.15) is 0 Å². The minimum atomic E-state index is -0.203. The van der Waals surface area contributed by atoms with E-state index in [1.807, 2.05) is 53.9 Å². The smallest absolute Gasteiger partial charge is 0.258 e. The van der Waals surface area contributed by atoms with Crippen LogP contribution in [0.5, 0.6) is 0 Å². The van der Waals surface area contributed by atoms with Gasteiger partial charge in [0, 0.05) is 22.2 Å². The summed E-state index contributed by atoms with van der Waals surface area (Å²) in [6, 6.07) is 16.9. The van der Waals surface area contributed by atoms with Gasteiger partial charge in [0.05, 0.1) is 0 Å². The molecule has 0 fully saturated rings. The first kappa shape index (κ1) is 15.5. The molecule has 1 aromatic heterocycles. The fraction of sp³-hybridized carbons (Fsp3) is 0. The maximum Gasteiger partial charge on any atom is 0.258 e. The number of hydrogen-bond acceptors (Lipinski definition) is 3. The van der Waals surface area contributed by atoms with E-state index in [-0.39, 0.29) is 5.91 Å². The number of rotatable bonds is 4. The maximum atomic E-state index is 12.7. The van der Waals surface area contributed by atoms with Crippen LogP contribution in [-0.4, -0.2) is 10.9 Å². The van der Waals surface area contributed by atoms with Crippen molar-refractivity contribution in [1.82, 2.24) is 4.98 Å². The molecule has 0 aliphatic rings. The Labute approximate surface area is 143 Å². The molecule has 0 atom stereocenters. The van der Waals surface area contributed by atoms with Crippen molar-refractivity contribution in [2.24, 2.45) is 0 Å². The van der Waals surface area contributed by atoms with Crippen LogP contribution >= 0.6 is 22.9 Å². The number of halogens is 1. The highest BCUT2D eigenvalue weighted by atomic mass is 35.5. The predicted molar refractivity (Wildman–Crippen MR) is 96.5 cm³/mol. The number of carbonyl (C=O) groups is 1. The molecule has 0 aliphatic heterocycles. The molecule has 3 nitrogen and oxygen atoms in total. The van der Waals surface area contributed by atoms with Crippen molar-refractivity contribution in [1.29, 1.82) is 0 Å². The molecule has 1 N–H and O–H groups in total. The highest BCUT2D eigenvalue weighted by molar-refractivity contribution is 7.13. The van der Waals surface area contributed by atoms with Crippen LogP contribution < -0.4 is 5.32 Å². The summed E-state index contributed by atoms with van der Waals surface area (Å²) in [7, 11) is 0. The SMILES string of the molecule is O=C(Nc1nccs1)/C(=C/c1ccccc1)c1ccc(Cl)cc1. The van der Waals surface area contributed by atoms with Crippen molar-refractivity contribution in [3.05, 3.63) is 82.3 Å². The fourth-order valence-corrected chi connectivity index (χ4v) is 2.72. The minimum absolute atomic E-state index is 0.203. The van der Waals surface area contributed by atoms with Crippen LogP contribution in [0.1, 0.15) is 11.1 Å². The Hall–Kier alpha value is -2.43. The summed E-state index contributed by atoms with van der Waals surface area (Å²) in [5.41, 5.74) is 2.31. The van der Waals surface area contributed by atoms with E-state index in [0.29, 0.717) is 15.7 Å². The van der Waals surface area contributed by atoms with Crippen LogP contribution in [0.15, 0.2) is 66.2 Å². The maximum absolute atomic E-state index is 12.7. The first-order valence-electron chi connectivity index (χ1n) is 6.96. The summed E-state index contributed by atoms with van der Waals surface area (Å²) >= 11 is 7.32. The number of nitrogens with one attached hydrogen (secondary N) is 1. The highest BCUT2D eigenvalue weighted by Gasteiger charge is 2.13. The quantitative estimate of drug-likeness (QED) is 0.538. The van der Waals surface area contributed by atoms with Crippen molar-refractivity contribution >= 4 is 45.6 Å². The molecule has 0 bridgehead atoms. The Bertz CT molecular complexity index is 812. The lowest BCUT2D eigenvalue weighted by Gasteiger charge is -2.08. The first-order chi connectivity index (χ1) is 11.2. The van der Waals surface area contributed by atoms with Crippen LogP contribution in [0, 0.1) is 0 Å². The molecule has 0 spiro atoms. The van der Waals surface area contributed by atoms with E-state index in [9.17, 15) is 4.79 Å². The van der Waals surface area contributed by atoms with E-state index in [1.54, 1.807) is 18.3 Å². The van der Waals surface area contributed by atoms with Gasteiger partial charge in [0.15, 0.2) is 5.13 Å². The molecule has 2 aromatic carbocycles. The zero-order chi connectivity index (χ0) is 16.1. The summed E-state index contributed by atoms with van der Waals surface area (Å²) in [6.07, 6.45) is 3.51. The van der Waals surface area contributed by atoms with Crippen molar-refractivity contribution in [2.45, 2.75) is 0 Å². The molecule has 0 unspecified atom stereocenters. The van der Waals surface area contributed by atoms with Gasteiger partial charge in [-0.15, -0.1) is 11.3 Å². The van der Waals surface area contributed by atoms with Gasteiger partial charge >= 0.3 is 0 Å². The van der Waals surface area contributed by atoms with Gasteiger partial charge in [-0.25, -0.2) is 4.98 Å². The number of thiazole rings is 1. The number of amides is 1. The Morgan fingerprint density at radius 2 is 1.83 bits per heavy atom. The van der Waals surface area contributed by atoms with Gasteiger partial charge in [0.25, 0.3) is 5.91 Å². The molecule has 5 heteroatoms. The topological polar surface area (TPSA) is 42.0 Å². The number of hydrogen-bond donors (Lipinski definition) is 1. The molecule has 0 radical (unpaired) electrons. The third kappa shape index (κ3) is 4.06. The van der Waals surface area contributed by atoms with Crippen molar-refractivity contribution in [3.63, 3.8) is 0 Å². The predicted octanol–water partition coefficient (Wildman–Crippen LogP) is 4.98. The van der Waals surface area contributed by atoms with Crippen LogP contribution in [0.3, 0.4) is 0 Å². The third-order valence-corrected chi connectivity index (χ3v) is 4.10. The summed E-state index contributed by atoms with van der Waals surface area (Å²) in [6.45, 7) is 0. The molecule has 23 heavy (non-hydrogen) atoms. The lowest BCUT2D eigenvalue weighted by atomic mass is 10.0. The Kier molecular flexibility index (Phi) is 4.86. The zero-order valence-corrected chi connectivity index (χ0v) is 13.6. The molecule has 1 amide bonds. The Balaban J connectivity index is 1.97. The number of aromatic nitrogens is 1. The summed E-state index contributed by atoms with van der Waals surface area (Å²) < 4.78 is 0. The zero-order valence-electron chi connectivity index (χ0n) is 12.1. The largest absolute Gasteiger partial charge is 0.298 e. The van der Waals surface area contributed by atoms with Crippen molar-refractivity contribution < 1.29 is 4.79 Å². The number of benzene rings is 2. The normalized spacial score (nSPS) is 11.3. The second kappa shape index (κ2) is 7.22. The van der Waals surface area contributed by atoms with E-state index in [0.717, 1.165) is 11.1 Å². The minimum Gasteiger partial charge on any atom is -0.298 e. The number of anilines is 1. The van der Waals surface area contributed by atoms with Gasteiger partial charge in [-0.05, 0) is 29.3 Å². The average Bonchev–Trinajstić information content (AvgIpc) is 3.07. The van der Waals surface area contributed by atoms with Crippen LogP contribution in [0.2, 0.25) is 5.02 Å². The van der Waals surface area contributed by atoms with Crippen LogP contribution in [-0.2, 0) is 4.79 Å². The third-order valence-electron chi connectivity index (χ3n) is 3.16. The number of nitrogens with zero attached hydrogens (tertiary/aromatic N) is 1. The highest BCUT2D eigenvalue weighted by Crippen LogP contribution is 2.23. The average molecular weight is 341 g/mol. The molecule has 0 saturated heterocycles. The monoisotopic (exact) mass is 340 g/mol. The van der Waals surface area contributed by atoms with Gasteiger partial charge in [-0.1, -0.05) is 54.1 Å². The number of carbonyl (C=O) groups excluding carboxylic acids is 1. The van der Waals surface area contributed by atoms with E-state index in [2.05, 4.69) is 10.3 Å². The van der Waals surface area contributed by atoms with E-state index in [4.69, 9.17) is 11.6 Å². The van der Waals surface area contributed by atoms with Crippen molar-refractivity contribution in [2.75, 3.05) is 5.32 Å². The molecule has 114 valence electrons. The van der Waals surface area contributed by atoms with Crippen LogP contribution in [0.4, 0.5) is 5.13 Å². The molecule has 3 aromatic rings. The second-order valence-electron chi connectivity index (χ2n) is 4.77. The second-order valence-corrected chi connectivity index (χ2v) is 6.10. The lowest BCUT2D eigenvalue weighted by Crippen LogP contribution is -2.13. The van der Waals surface area contributed by atoms with Gasteiger partial charge in [-0.3, -0.25) is 10.1 Å². The Morgan fingerprint density at radius 1 is 1.09 bits per heavy atom. The van der Waals surface area contributed by atoms with Crippen LogP contribution in [0.25, 0.3) is 11.6 Å². The molecule has 0 aliphatic carbocycles. The first-order valence-corrected chi connectivity index (χ1v) is 8.22. The van der Waals surface area contributed by atoms with Crippen molar-refractivity contribution in [3.8, 4) is 0 Å². The van der Waals surface area contributed by atoms with E-state index >= 15 is 0 Å². The van der Waals surface area contributed by atoms with E-state index < -0.39 is 0 Å². The van der Waals surface area contributed by atoms with Gasteiger partial charge in [0.1, 0.15) is 0 Å². The standard InChI is InChI=1S/C18H13ClN2OS/c19-15-8-6-14(7-9-15)16(12-13-4-2-1-3-5-13)17(22)21-18-20-10-11-23-18/h1-12H,(H,20,21,22)/b16-12+. The summed E-state index contributed by atoms with van der Waals surface area (Å²) in [5.74, 6) is -0.203. The van der Waals surface area contributed by atoms with Gasteiger partial charge < -0.3 is 0 Å².